The third kappa shape index (κ3) is 2.65. The Bertz CT molecular complexity index is 552. The van der Waals surface area contributed by atoms with E-state index in [4.69, 9.17) is 11.6 Å². The van der Waals surface area contributed by atoms with E-state index in [-0.39, 0.29) is 0 Å². The number of carboxylic acids is 1. The fraction of sp³-hybridized carbons (Fsp3) is 0.273. The van der Waals surface area contributed by atoms with Gasteiger partial charge < -0.3 is 5.11 Å². The fourth-order valence-electron chi connectivity index (χ4n) is 1.65. The first kappa shape index (κ1) is 12.5. The van der Waals surface area contributed by atoms with Crippen LogP contribution in [0.5, 0.6) is 0 Å². The van der Waals surface area contributed by atoms with Gasteiger partial charge in [0.15, 0.2) is 6.04 Å². The van der Waals surface area contributed by atoms with E-state index in [1.807, 2.05) is 0 Å². The minimum atomic E-state index is -0.972. The van der Waals surface area contributed by atoms with Gasteiger partial charge in [0.05, 0.1) is 0 Å². The molecule has 0 amide bonds. The average molecular weight is 267 g/mol. The van der Waals surface area contributed by atoms with Gasteiger partial charge in [0, 0.05) is 11.4 Å². The standard InChI is InChI=1S/C11H11ClN4O2/c1-7-13-14-15-16(7)10(11(17)18)6-8-2-4-9(12)5-3-8/h2-5,10H,6H2,1H3,(H,17,18)/t10-/m1/s1. The zero-order valence-corrected chi connectivity index (χ0v) is 10.4. The Kier molecular flexibility index (Phi) is 3.57. The summed E-state index contributed by atoms with van der Waals surface area (Å²) in [6, 6.07) is 6.21. The van der Waals surface area contributed by atoms with Gasteiger partial charge in [0.25, 0.3) is 0 Å². The molecular formula is C11H11ClN4O2. The van der Waals surface area contributed by atoms with Crippen molar-refractivity contribution < 1.29 is 9.90 Å². The second-order valence-electron chi connectivity index (χ2n) is 3.86. The van der Waals surface area contributed by atoms with E-state index in [9.17, 15) is 9.90 Å². The van der Waals surface area contributed by atoms with Crippen molar-refractivity contribution in [3.05, 3.63) is 40.7 Å². The second-order valence-corrected chi connectivity index (χ2v) is 4.29. The van der Waals surface area contributed by atoms with Gasteiger partial charge in [0.2, 0.25) is 0 Å². The van der Waals surface area contributed by atoms with Gasteiger partial charge in [-0.2, -0.15) is 0 Å². The lowest BCUT2D eigenvalue weighted by Gasteiger charge is -2.13. The molecule has 0 aliphatic rings. The van der Waals surface area contributed by atoms with Crippen LogP contribution >= 0.6 is 11.6 Å². The Hall–Kier alpha value is -1.95. The number of hydrogen-bond donors (Lipinski definition) is 1. The van der Waals surface area contributed by atoms with Crippen LogP contribution < -0.4 is 0 Å². The molecule has 2 rings (SSSR count). The molecule has 1 atom stereocenters. The van der Waals surface area contributed by atoms with Crippen LogP contribution in [0, 0.1) is 6.92 Å². The Morgan fingerprint density at radius 1 is 1.44 bits per heavy atom. The van der Waals surface area contributed by atoms with Crippen molar-refractivity contribution in [2.24, 2.45) is 0 Å². The Morgan fingerprint density at radius 2 is 2.11 bits per heavy atom. The van der Waals surface area contributed by atoms with Crippen molar-refractivity contribution in [2.75, 3.05) is 0 Å². The molecular weight excluding hydrogens is 256 g/mol. The number of carbonyl (C=O) groups is 1. The van der Waals surface area contributed by atoms with Crippen LogP contribution in [0.4, 0.5) is 0 Å². The summed E-state index contributed by atoms with van der Waals surface area (Å²) < 4.78 is 1.30. The van der Waals surface area contributed by atoms with Crippen LogP contribution in [0.25, 0.3) is 0 Å². The molecule has 1 N–H and O–H groups in total. The number of rotatable bonds is 4. The highest BCUT2D eigenvalue weighted by atomic mass is 35.5. The van der Waals surface area contributed by atoms with Gasteiger partial charge in [-0.25, -0.2) is 9.48 Å². The van der Waals surface area contributed by atoms with Gasteiger partial charge in [-0.05, 0) is 35.0 Å². The first-order chi connectivity index (χ1) is 8.58. The summed E-state index contributed by atoms with van der Waals surface area (Å²) in [6.45, 7) is 1.66. The SMILES string of the molecule is Cc1nnnn1[C@H](Cc1ccc(Cl)cc1)C(=O)O. The molecule has 7 heteroatoms. The maximum absolute atomic E-state index is 11.3. The number of halogens is 1. The molecule has 0 saturated carbocycles. The molecule has 94 valence electrons. The van der Waals surface area contributed by atoms with E-state index >= 15 is 0 Å². The number of aliphatic carboxylic acids is 1. The quantitative estimate of drug-likeness (QED) is 0.907. The van der Waals surface area contributed by atoms with E-state index in [2.05, 4.69) is 15.5 Å². The van der Waals surface area contributed by atoms with Gasteiger partial charge in [-0.1, -0.05) is 23.7 Å². The highest BCUT2D eigenvalue weighted by molar-refractivity contribution is 6.30. The average Bonchev–Trinajstić information content (AvgIpc) is 2.74. The number of carboxylic acid groups (broad SMARTS) is 1. The summed E-state index contributed by atoms with van der Waals surface area (Å²) in [5.41, 5.74) is 0.863. The molecule has 0 unspecified atom stereocenters. The first-order valence-electron chi connectivity index (χ1n) is 5.29. The molecule has 0 radical (unpaired) electrons. The number of benzene rings is 1. The normalized spacial score (nSPS) is 12.3. The van der Waals surface area contributed by atoms with Crippen LogP contribution in [0.2, 0.25) is 5.02 Å². The van der Waals surface area contributed by atoms with E-state index < -0.39 is 12.0 Å². The van der Waals surface area contributed by atoms with Gasteiger partial charge in [-0.3, -0.25) is 0 Å². The van der Waals surface area contributed by atoms with E-state index in [0.29, 0.717) is 17.3 Å². The minimum absolute atomic E-state index is 0.304. The van der Waals surface area contributed by atoms with E-state index in [0.717, 1.165) is 5.56 Å². The van der Waals surface area contributed by atoms with Crippen LogP contribution in [0.3, 0.4) is 0 Å². The second kappa shape index (κ2) is 5.14. The molecule has 1 aromatic heterocycles. The number of nitrogens with zero attached hydrogens (tertiary/aromatic N) is 4. The molecule has 18 heavy (non-hydrogen) atoms. The Labute approximate surface area is 108 Å². The van der Waals surface area contributed by atoms with Gasteiger partial charge in [0.1, 0.15) is 5.82 Å². The lowest BCUT2D eigenvalue weighted by Crippen LogP contribution is -2.23. The molecule has 0 saturated heterocycles. The fourth-order valence-corrected chi connectivity index (χ4v) is 1.77. The summed E-state index contributed by atoms with van der Waals surface area (Å²) in [7, 11) is 0. The summed E-state index contributed by atoms with van der Waals surface area (Å²) >= 11 is 5.78. The van der Waals surface area contributed by atoms with Crippen LogP contribution in [0.1, 0.15) is 17.4 Å². The topological polar surface area (TPSA) is 80.9 Å². The summed E-state index contributed by atoms with van der Waals surface area (Å²) in [6.07, 6.45) is 0.304. The number of aryl methyl sites for hydroxylation is 1. The zero-order chi connectivity index (χ0) is 13.1. The molecule has 0 aliphatic carbocycles. The monoisotopic (exact) mass is 266 g/mol. The van der Waals surface area contributed by atoms with E-state index in [1.54, 1.807) is 31.2 Å². The molecule has 6 nitrogen and oxygen atoms in total. The molecule has 0 spiro atoms. The largest absolute Gasteiger partial charge is 0.480 e. The number of tetrazole rings is 1. The maximum Gasteiger partial charge on any atom is 0.328 e. The van der Waals surface area contributed by atoms with Crippen molar-refractivity contribution in [3.8, 4) is 0 Å². The van der Waals surface area contributed by atoms with Crippen molar-refractivity contribution in [1.29, 1.82) is 0 Å². The molecule has 0 fully saturated rings. The van der Waals surface area contributed by atoms with Gasteiger partial charge in [-0.15, -0.1) is 5.10 Å². The highest BCUT2D eigenvalue weighted by Gasteiger charge is 2.23. The maximum atomic E-state index is 11.3. The van der Waals surface area contributed by atoms with E-state index in [1.165, 1.54) is 4.68 Å². The highest BCUT2D eigenvalue weighted by Crippen LogP contribution is 2.17. The molecule has 2 aromatic rings. The lowest BCUT2D eigenvalue weighted by molar-refractivity contribution is -0.141. The van der Waals surface area contributed by atoms with Crippen molar-refractivity contribution in [2.45, 2.75) is 19.4 Å². The van der Waals surface area contributed by atoms with Crippen LogP contribution in [-0.2, 0) is 11.2 Å². The lowest BCUT2D eigenvalue weighted by atomic mass is 10.1. The smallest absolute Gasteiger partial charge is 0.328 e. The predicted molar refractivity (Wildman–Crippen MR) is 64.4 cm³/mol. The number of hydrogen-bond acceptors (Lipinski definition) is 4. The summed E-state index contributed by atoms with van der Waals surface area (Å²) in [4.78, 5) is 11.3. The number of aromatic nitrogens is 4. The molecule has 1 heterocycles. The summed E-state index contributed by atoms with van der Waals surface area (Å²) in [5.74, 6) is -0.503. The molecule has 0 aliphatic heterocycles. The van der Waals surface area contributed by atoms with Gasteiger partial charge >= 0.3 is 5.97 Å². The first-order valence-corrected chi connectivity index (χ1v) is 5.67. The third-order valence-corrected chi connectivity index (χ3v) is 2.83. The van der Waals surface area contributed by atoms with Crippen LogP contribution in [0.15, 0.2) is 24.3 Å². The summed E-state index contributed by atoms with van der Waals surface area (Å²) in [5, 5.41) is 20.7. The van der Waals surface area contributed by atoms with Crippen molar-refractivity contribution in [1.82, 2.24) is 20.2 Å². The van der Waals surface area contributed by atoms with Crippen LogP contribution in [-0.4, -0.2) is 31.3 Å². The zero-order valence-electron chi connectivity index (χ0n) is 9.62. The Balaban J connectivity index is 2.25. The van der Waals surface area contributed by atoms with Crippen molar-refractivity contribution in [3.63, 3.8) is 0 Å². The Morgan fingerprint density at radius 3 is 2.61 bits per heavy atom. The molecule has 0 bridgehead atoms. The minimum Gasteiger partial charge on any atom is -0.480 e. The molecule has 1 aromatic carbocycles. The predicted octanol–water partition coefficient (Wildman–Crippen LogP) is 1.50. The third-order valence-electron chi connectivity index (χ3n) is 2.58. The van der Waals surface area contributed by atoms with Crippen molar-refractivity contribution >= 4 is 17.6 Å².